The average Bonchev–Trinajstić information content (AvgIpc) is 2.94. The third-order valence-corrected chi connectivity index (χ3v) is 5.20. The van der Waals surface area contributed by atoms with Crippen LogP contribution in [0.5, 0.6) is 0 Å². The molecule has 0 radical (unpaired) electrons. The zero-order valence-electron chi connectivity index (χ0n) is 9.56. The quantitative estimate of drug-likeness (QED) is 0.701. The number of alkyl halides is 1. The molecule has 92 valence electrons. The lowest BCUT2D eigenvalue weighted by Gasteiger charge is -2.28. The molecule has 0 bridgehead atoms. The molecule has 3 heteroatoms. The molecule has 2 aliphatic rings. The first-order valence-electron chi connectivity index (χ1n) is 6.12. The molecular weight excluding hydrogens is 258 g/mol. The molecule has 2 fully saturated rings. The monoisotopic (exact) mass is 272 g/mol. The van der Waals surface area contributed by atoms with Crippen LogP contribution in [0.3, 0.4) is 0 Å². The van der Waals surface area contributed by atoms with Gasteiger partial charge >= 0.3 is 0 Å². The molecule has 3 rings (SSSR count). The lowest BCUT2D eigenvalue weighted by Crippen LogP contribution is -2.24. The molecule has 2 saturated carbocycles. The van der Waals surface area contributed by atoms with Crippen molar-refractivity contribution < 1.29 is 4.39 Å². The topological polar surface area (TPSA) is 0 Å². The number of rotatable bonds is 3. The molecule has 17 heavy (non-hydrogen) atoms. The van der Waals surface area contributed by atoms with Crippen molar-refractivity contribution in [2.75, 3.05) is 5.88 Å². The van der Waals surface area contributed by atoms with E-state index < -0.39 is 0 Å². The average molecular weight is 273 g/mol. The predicted molar refractivity (Wildman–Crippen MR) is 69.1 cm³/mol. The molecule has 1 aromatic carbocycles. The second-order valence-electron chi connectivity index (χ2n) is 5.69. The fourth-order valence-corrected chi connectivity index (χ4v) is 3.90. The molecule has 0 aliphatic heterocycles. The van der Waals surface area contributed by atoms with Gasteiger partial charge in [0.15, 0.2) is 0 Å². The van der Waals surface area contributed by atoms with Gasteiger partial charge in [-0.2, -0.15) is 0 Å². The molecule has 0 amide bonds. The van der Waals surface area contributed by atoms with E-state index >= 15 is 0 Å². The van der Waals surface area contributed by atoms with Gasteiger partial charge < -0.3 is 0 Å². The van der Waals surface area contributed by atoms with Crippen LogP contribution in [-0.4, -0.2) is 5.88 Å². The molecule has 0 nitrogen and oxygen atoms in total. The van der Waals surface area contributed by atoms with Crippen molar-refractivity contribution >= 4 is 23.2 Å². The lowest BCUT2D eigenvalue weighted by atomic mass is 9.79. The van der Waals surface area contributed by atoms with Gasteiger partial charge in [-0.3, -0.25) is 0 Å². The molecule has 0 spiro atoms. The minimum absolute atomic E-state index is 0.112. The lowest BCUT2D eigenvalue weighted by molar-refractivity contribution is 0.299. The normalized spacial score (nSPS) is 34.8. The Kier molecular flexibility index (Phi) is 2.87. The van der Waals surface area contributed by atoms with E-state index in [1.807, 2.05) is 12.1 Å². The van der Waals surface area contributed by atoms with Gasteiger partial charge in [0.1, 0.15) is 5.82 Å². The molecule has 1 aromatic rings. The highest BCUT2D eigenvalue weighted by Gasteiger charge is 2.53. The predicted octanol–water partition coefficient (Wildman–Crippen LogP) is 4.68. The van der Waals surface area contributed by atoms with E-state index in [1.165, 1.54) is 6.42 Å². The van der Waals surface area contributed by atoms with Crippen LogP contribution in [0.1, 0.15) is 24.8 Å². The third kappa shape index (κ3) is 2.08. The van der Waals surface area contributed by atoms with Crippen molar-refractivity contribution in [3.05, 3.63) is 34.6 Å². The van der Waals surface area contributed by atoms with Crippen LogP contribution in [0.15, 0.2) is 18.2 Å². The van der Waals surface area contributed by atoms with Gasteiger partial charge in [-0.05, 0) is 54.6 Å². The summed E-state index contributed by atoms with van der Waals surface area (Å²) < 4.78 is 13.9. The molecule has 2 unspecified atom stereocenters. The van der Waals surface area contributed by atoms with Crippen molar-refractivity contribution in [1.29, 1.82) is 0 Å². The highest BCUT2D eigenvalue weighted by atomic mass is 35.5. The summed E-state index contributed by atoms with van der Waals surface area (Å²) in [6.07, 6.45) is 4.41. The summed E-state index contributed by atoms with van der Waals surface area (Å²) >= 11 is 12.0. The van der Waals surface area contributed by atoms with E-state index in [1.54, 1.807) is 6.07 Å². The maximum atomic E-state index is 13.9. The zero-order valence-corrected chi connectivity index (χ0v) is 11.1. The number of hydrogen-bond acceptors (Lipinski definition) is 0. The fourth-order valence-electron chi connectivity index (χ4n) is 3.40. The van der Waals surface area contributed by atoms with Crippen LogP contribution >= 0.6 is 23.2 Å². The van der Waals surface area contributed by atoms with E-state index in [2.05, 4.69) is 0 Å². The summed E-state index contributed by atoms with van der Waals surface area (Å²) in [6.45, 7) is 0. The maximum absolute atomic E-state index is 13.9. The molecule has 2 atom stereocenters. The van der Waals surface area contributed by atoms with Crippen molar-refractivity contribution in [2.24, 2.45) is 17.3 Å². The summed E-state index contributed by atoms with van der Waals surface area (Å²) in [5.74, 6) is 2.08. The fraction of sp³-hybridized carbons (Fsp3) is 0.571. The largest absolute Gasteiger partial charge is 0.205 e. The summed E-state index contributed by atoms with van der Waals surface area (Å²) in [5.41, 5.74) is 0.833. The molecule has 0 heterocycles. The number of fused-ring (bicyclic) bond motifs is 1. The zero-order chi connectivity index (χ0) is 12.0. The Bertz CT molecular complexity index is 434. The number of hydrogen-bond donors (Lipinski definition) is 0. The Labute approximate surface area is 111 Å². The Hall–Kier alpha value is -0.270. The standard InChI is InChI=1S/C14H15Cl2F/c15-8-14(6-10-4-11(10)7-14)5-9-2-1-3-12(16)13(9)17/h1-3,10-11H,4-8H2. The van der Waals surface area contributed by atoms with Crippen molar-refractivity contribution in [3.63, 3.8) is 0 Å². The summed E-state index contributed by atoms with van der Waals surface area (Å²) in [5, 5.41) is 0.218. The Morgan fingerprint density at radius 1 is 1.29 bits per heavy atom. The third-order valence-electron chi connectivity index (χ3n) is 4.34. The Morgan fingerprint density at radius 2 is 2.00 bits per heavy atom. The van der Waals surface area contributed by atoms with Crippen LogP contribution in [0.2, 0.25) is 5.02 Å². The Balaban J connectivity index is 1.83. The van der Waals surface area contributed by atoms with Crippen LogP contribution < -0.4 is 0 Å². The van der Waals surface area contributed by atoms with Gasteiger partial charge in [-0.15, -0.1) is 11.6 Å². The molecule has 0 N–H and O–H groups in total. The van der Waals surface area contributed by atoms with E-state index in [0.29, 0.717) is 5.88 Å². The number of halogens is 3. The van der Waals surface area contributed by atoms with Crippen molar-refractivity contribution in [1.82, 2.24) is 0 Å². The first-order valence-corrected chi connectivity index (χ1v) is 7.04. The van der Waals surface area contributed by atoms with E-state index in [9.17, 15) is 4.39 Å². The Morgan fingerprint density at radius 3 is 2.65 bits per heavy atom. The highest BCUT2D eigenvalue weighted by Crippen LogP contribution is 2.61. The van der Waals surface area contributed by atoms with Gasteiger partial charge in [0, 0.05) is 5.88 Å². The van der Waals surface area contributed by atoms with Crippen LogP contribution in [0, 0.1) is 23.1 Å². The second-order valence-corrected chi connectivity index (χ2v) is 6.36. The van der Waals surface area contributed by atoms with Crippen LogP contribution in [0.25, 0.3) is 0 Å². The molecular formula is C14H15Cl2F. The first-order chi connectivity index (χ1) is 8.13. The summed E-state index contributed by atoms with van der Waals surface area (Å²) in [6, 6.07) is 5.25. The molecule has 2 aliphatic carbocycles. The minimum Gasteiger partial charge on any atom is -0.205 e. The molecule has 0 aromatic heterocycles. The summed E-state index contributed by atoms with van der Waals surface area (Å²) in [4.78, 5) is 0. The van der Waals surface area contributed by atoms with Gasteiger partial charge in [-0.25, -0.2) is 4.39 Å². The minimum atomic E-state index is -0.265. The maximum Gasteiger partial charge on any atom is 0.144 e. The summed E-state index contributed by atoms with van der Waals surface area (Å²) in [7, 11) is 0. The molecule has 0 saturated heterocycles. The van der Waals surface area contributed by atoms with E-state index in [4.69, 9.17) is 23.2 Å². The van der Waals surface area contributed by atoms with Gasteiger partial charge in [0.25, 0.3) is 0 Å². The van der Waals surface area contributed by atoms with E-state index in [0.717, 1.165) is 36.7 Å². The SMILES string of the molecule is Fc1c(Cl)cccc1CC1(CCl)CC2CC2C1. The van der Waals surface area contributed by atoms with Crippen LogP contribution in [0.4, 0.5) is 4.39 Å². The van der Waals surface area contributed by atoms with Gasteiger partial charge in [-0.1, -0.05) is 23.7 Å². The highest BCUT2D eigenvalue weighted by molar-refractivity contribution is 6.30. The van der Waals surface area contributed by atoms with Gasteiger partial charge in [0.05, 0.1) is 5.02 Å². The number of benzene rings is 1. The van der Waals surface area contributed by atoms with Crippen LogP contribution in [-0.2, 0) is 6.42 Å². The smallest absolute Gasteiger partial charge is 0.144 e. The van der Waals surface area contributed by atoms with Crippen molar-refractivity contribution in [3.8, 4) is 0 Å². The first kappa shape index (κ1) is 11.8. The van der Waals surface area contributed by atoms with Gasteiger partial charge in [0.2, 0.25) is 0 Å². The van der Waals surface area contributed by atoms with Crippen molar-refractivity contribution in [2.45, 2.75) is 25.7 Å². The van der Waals surface area contributed by atoms with E-state index in [-0.39, 0.29) is 16.3 Å². The second kappa shape index (κ2) is 4.13.